The van der Waals surface area contributed by atoms with Crippen molar-refractivity contribution in [1.82, 2.24) is 24.5 Å². The van der Waals surface area contributed by atoms with Crippen molar-refractivity contribution in [1.29, 1.82) is 0 Å². The Bertz CT molecular complexity index is 1030. The molecule has 30 heavy (non-hydrogen) atoms. The van der Waals surface area contributed by atoms with Crippen LogP contribution in [-0.2, 0) is 18.4 Å². The van der Waals surface area contributed by atoms with Crippen LogP contribution in [0.2, 0.25) is 0 Å². The van der Waals surface area contributed by atoms with Crippen LogP contribution in [0.15, 0.2) is 29.6 Å². The summed E-state index contributed by atoms with van der Waals surface area (Å²) >= 11 is 1.30. The Morgan fingerprint density at radius 1 is 1.17 bits per heavy atom. The number of nitrogens with one attached hydrogen (secondary N) is 1. The quantitative estimate of drug-likeness (QED) is 0.514. The number of hydrogen-bond acceptors (Lipinski definition) is 8. The monoisotopic (exact) mass is 432 g/mol. The van der Waals surface area contributed by atoms with E-state index >= 15 is 0 Å². The van der Waals surface area contributed by atoms with Crippen molar-refractivity contribution >= 4 is 23.4 Å². The zero-order chi connectivity index (χ0) is 21.7. The average Bonchev–Trinajstić information content (AvgIpc) is 3.34. The van der Waals surface area contributed by atoms with Gasteiger partial charge < -0.3 is 24.1 Å². The predicted octanol–water partition coefficient (Wildman–Crippen LogP) is 2.46. The van der Waals surface area contributed by atoms with Crippen LogP contribution in [-0.4, -0.2) is 57.5 Å². The van der Waals surface area contributed by atoms with Crippen molar-refractivity contribution in [3.8, 4) is 28.8 Å². The zero-order valence-electron chi connectivity index (χ0n) is 17.5. The highest BCUT2D eigenvalue weighted by molar-refractivity contribution is 7.99. The number of methoxy groups -OCH3 is 3. The van der Waals surface area contributed by atoms with Gasteiger partial charge in [-0.2, -0.15) is 0 Å². The lowest BCUT2D eigenvalue weighted by Crippen LogP contribution is -2.15. The van der Waals surface area contributed by atoms with E-state index in [4.69, 9.17) is 14.2 Å². The van der Waals surface area contributed by atoms with E-state index in [-0.39, 0.29) is 11.7 Å². The molecule has 11 heteroatoms. The first-order valence-corrected chi connectivity index (χ1v) is 10.1. The van der Waals surface area contributed by atoms with E-state index in [9.17, 15) is 4.79 Å². The van der Waals surface area contributed by atoms with Gasteiger partial charge in [-0.1, -0.05) is 11.8 Å². The molecule has 0 fully saturated rings. The standard InChI is InChI=1S/C19H24N6O4S/c1-6-25-17(13-10-24(2)23-18(13)29-5)21-22-19(25)30-11-16(26)20-14-8-7-12(27-3)9-15(14)28-4/h7-10H,6,11H2,1-5H3,(H,20,26). The number of aryl methyl sites for hydroxylation is 1. The number of ether oxygens (including phenoxy) is 3. The fraction of sp³-hybridized carbons (Fsp3) is 0.368. The van der Waals surface area contributed by atoms with Gasteiger partial charge >= 0.3 is 0 Å². The maximum atomic E-state index is 12.5. The predicted molar refractivity (Wildman–Crippen MR) is 113 cm³/mol. The van der Waals surface area contributed by atoms with Gasteiger partial charge in [-0.05, 0) is 19.1 Å². The van der Waals surface area contributed by atoms with Crippen LogP contribution in [0.3, 0.4) is 0 Å². The van der Waals surface area contributed by atoms with Crippen LogP contribution in [0.25, 0.3) is 11.4 Å². The van der Waals surface area contributed by atoms with E-state index in [2.05, 4.69) is 20.6 Å². The zero-order valence-corrected chi connectivity index (χ0v) is 18.3. The number of rotatable bonds is 9. The third kappa shape index (κ3) is 4.51. The molecule has 1 N–H and O–H groups in total. The van der Waals surface area contributed by atoms with Crippen LogP contribution >= 0.6 is 11.8 Å². The molecule has 0 aliphatic carbocycles. The molecular formula is C19H24N6O4S. The summed E-state index contributed by atoms with van der Waals surface area (Å²) in [5.41, 5.74) is 1.32. The number of hydrogen-bond donors (Lipinski definition) is 1. The fourth-order valence-corrected chi connectivity index (χ4v) is 3.67. The Kier molecular flexibility index (Phi) is 6.83. The van der Waals surface area contributed by atoms with E-state index in [0.29, 0.717) is 40.6 Å². The minimum Gasteiger partial charge on any atom is -0.497 e. The molecule has 0 unspecified atom stereocenters. The Morgan fingerprint density at radius 2 is 1.97 bits per heavy atom. The van der Waals surface area contributed by atoms with Crippen LogP contribution < -0.4 is 19.5 Å². The van der Waals surface area contributed by atoms with Gasteiger partial charge in [0.1, 0.15) is 17.1 Å². The van der Waals surface area contributed by atoms with E-state index in [1.165, 1.54) is 18.9 Å². The number of anilines is 1. The van der Waals surface area contributed by atoms with Gasteiger partial charge in [0.2, 0.25) is 11.8 Å². The average molecular weight is 433 g/mol. The van der Waals surface area contributed by atoms with Crippen molar-refractivity contribution in [3.63, 3.8) is 0 Å². The minimum atomic E-state index is -0.186. The lowest BCUT2D eigenvalue weighted by Gasteiger charge is -2.11. The summed E-state index contributed by atoms with van der Waals surface area (Å²) < 4.78 is 19.4. The first kappa shape index (κ1) is 21.5. The molecule has 0 bridgehead atoms. The highest BCUT2D eigenvalue weighted by Crippen LogP contribution is 2.31. The van der Waals surface area contributed by atoms with Crippen molar-refractivity contribution in [2.24, 2.45) is 7.05 Å². The van der Waals surface area contributed by atoms with Gasteiger partial charge in [0.15, 0.2) is 11.0 Å². The highest BCUT2D eigenvalue weighted by Gasteiger charge is 2.20. The lowest BCUT2D eigenvalue weighted by molar-refractivity contribution is -0.113. The molecule has 3 rings (SSSR count). The molecule has 2 heterocycles. The smallest absolute Gasteiger partial charge is 0.243 e. The molecule has 1 aromatic carbocycles. The van der Waals surface area contributed by atoms with Crippen LogP contribution in [0.1, 0.15) is 6.92 Å². The number of carbonyl (C=O) groups excluding carboxylic acids is 1. The van der Waals surface area contributed by atoms with E-state index in [1.54, 1.807) is 37.1 Å². The number of amides is 1. The van der Waals surface area contributed by atoms with Gasteiger partial charge in [0.25, 0.3) is 0 Å². The Hall–Kier alpha value is -3.21. The molecular weight excluding hydrogens is 408 g/mol. The summed E-state index contributed by atoms with van der Waals surface area (Å²) in [6, 6.07) is 5.21. The molecule has 0 saturated heterocycles. The van der Waals surface area contributed by atoms with Crippen LogP contribution in [0.4, 0.5) is 5.69 Å². The van der Waals surface area contributed by atoms with Crippen molar-refractivity contribution in [3.05, 3.63) is 24.4 Å². The molecule has 1 amide bonds. The molecule has 0 radical (unpaired) electrons. The van der Waals surface area contributed by atoms with E-state index in [0.717, 1.165) is 5.56 Å². The summed E-state index contributed by atoms with van der Waals surface area (Å²) in [5.74, 6) is 2.26. The SMILES string of the molecule is CCn1c(SCC(=O)Nc2ccc(OC)cc2OC)nnc1-c1cn(C)nc1OC. The number of benzene rings is 1. The van der Waals surface area contributed by atoms with Crippen molar-refractivity contribution < 1.29 is 19.0 Å². The maximum absolute atomic E-state index is 12.5. The summed E-state index contributed by atoms with van der Waals surface area (Å²) in [7, 11) is 6.48. The topological polar surface area (TPSA) is 105 Å². The number of carbonyl (C=O) groups is 1. The first-order valence-electron chi connectivity index (χ1n) is 9.16. The van der Waals surface area contributed by atoms with Crippen LogP contribution in [0, 0.1) is 0 Å². The molecule has 0 aliphatic heterocycles. The normalized spacial score (nSPS) is 10.7. The summed E-state index contributed by atoms with van der Waals surface area (Å²) in [6.07, 6.45) is 1.83. The van der Waals surface area contributed by atoms with Gasteiger partial charge in [-0.25, -0.2) is 0 Å². The Morgan fingerprint density at radius 3 is 2.63 bits per heavy atom. The molecule has 0 spiro atoms. The first-order chi connectivity index (χ1) is 14.5. The van der Waals surface area contributed by atoms with Gasteiger partial charge in [0, 0.05) is 25.9 Å². The molecule has 10 nitrogen and oxygen atoms in total. The third-order valence-corrected chi connectivity index (χ3v) is 5.24. The molecule has 160 valence electrons. The fourth-order valence-electron chi connectivity index (χ4n) is 2.87. The van der Waals surface area contributed by atoms with E-state index in [1.807, 2.05) is 24.7 Å². The van der Waals surface area contributed by atoms with E-state index < -0.39 is 0 Å². The number of nitrogens with zero attached hydrogens (tertiary/aromatic N) is 5. The van der Waals surface area contributed by atoms with Crippen molar-refractivity contribution in [2.45, 2.75) is 18.6 Å². The maximum Gasteiger partial charge on any atom is 0.243 e. The second kappa shape index (κ2) is 9.53. The second-order valence-corrected chi connectivity index (χ2v) is 7.12. The highest BCUT2D eigenvalue weighted by atomic mass is 32.2. The van der Waals surface area contributed by atoms with Gasteiger partial charge in [-0.3, -0.25) is 9.48 Å². The number of aromatic nitrogens is 5. The largest absolute Gasteiger partial charge is 0.497 e. The Labute approximate surface area is 178 Å². The molecule has 0 aliphatic rings. The molecule has 3 aromatic rings. The minimum absolute atomic E-state index is 0.164. The van der Waals surface area contributed by atoms with Crippen LogP contribution in [0.5, 0.6) is 17.4 Å². The molecule has 0 atom stereocenters. The number of thioether (sulfide) groups is 1. The lowest BCUT2D eigenvalue weighted by atomic mass is 10.2. The third-order valence-electron chi connectivity index (χ3n) is 4.28. The Balaban J connectivity index is 1.72. The second-order valence-electron chi connectivity index (χ2n) is 6.18. The molecule has 2 aromatic heterocycles. The van der Waals surface area contributed by atoms with Gasteiger partial charge in [0.05, 0.1) is 32.8 Å². The summed E-state index contributed by atoms with van der Waals surface area (Å²) in [4.78, 5) is 12.5. The summed E-state index contributed by atoms with van der Waals surface area (Å²) in [5, 5.41) is 16.3. The summed E-state index contributed by atoms with van der Waals surface area (Å²) in [6.45, 7) is 2.62. The van der Waals surface area contributed by atoms with Gasteiger partial charge in [-0.15, -0.1) is 15.3 Å². The van der Waals surface area contributed by atoms with Crippen molar-refractivity contribution in [2.75, 3.05) is 32.4 Å². The molecule has 0 saturated carbocycles.